The fourth-order valence-electron chi connectivity index (χ4n) is 2.78. The van der Waals surface area contributed by atoms with Crippen molar-refractivity contribution >= 4 is 23.1 Å². The van der Waals surface area contributed by atoms with Crippen LogP contribution in [0.4, 0.5) is 11.4 Å². The third-order valence-electron chi connectivity index (χ3n) is 4.78. The summed E-state index contributed by atoms with van der Waals surface area (Å²) in [7, 11) is 0. The van der Waals surface area contributed by atoms with Gasteiger partial charge in [0.1, 0.15) is 6.10 Å². The molecule has 0 aromatic heterocycles. The first kappa shape index (κ1) is 23.4. The van der Waals surface area contributed by atoms with Gasteiger partial charge >= 0.3 is 5.97 Å². The number of ketones is 1. The Labute approximate surface area is 177 Å². The van der Waals surface area contributed by atoms with Gasteiger partial charge in [-0.3, -0.25) is 4.79 Å². The van der Waals surface area contributed by atoms with E-state index in [4.69, 9.17) is 20.9 Å². The highest BCUT2D eigenvalue weighted by Crippen LogP contribution is 2.15. The smallest absolute Gasteiger partial charge is 0.338 e. The van der Waals surface area contributed by atoms with E-state index in [9.17, 15) is 14.7 Å². The summed E-state index contributed by atoms with van der Waals surface area (Å²) in [5.74, 6) is -0.911. The summed E-state index contributed by atoms with van der Waals surface area (Å²) in [6.45, 7) is 3.10. The van der Waals surface area contributed by atoms with Crippen LogP contribution in [0.2, 0.25) is 0 Å². The van der Waals surface area contributed by atoms with E-state index < -0.39 is 6.10 Å². The number of hydrogen-bond acceptors (Lipinski definition) is 7. The Hall–Kier alpha value is -2.90. The number of hydrogen-bond donors (Lipinski definition) is 3. The SMILES string of the molecule is CC(CCOCCCCOC(=O)c1ccc(N)cc1)C(O)C(=O)c1ccc(N)cc1. The maximum atomic E-state index is 12.3. The molecule has 2 unspecified atom stereocenters. The van der Waals surface area contributed by atoms with Gasteiger partial charge in [0, 0.05) is 30.2 Å². The summed E-state index contributed by atoms with van der Waals surface area (Å²) in [5, 5.41) is 10.3. The van der Waals surface area contributed by atoms with Crippen LogP contribution in [-0.2, 0) is 9.47 Å². The number of nitrogen functional groups attached to an aromatic ring is 2. The van der Waals surface area contributed by atoms with Gasteiger partial charge in [0.2, 0.25) is 0 Å². The van der Waals surface area contributed by atoms with Crippen molar-refractivity contribution in [1.82, 2.24) is 0 Å². The summed E-state index contributed by atoms with van der Waals surface area (Å²) >= 11 is 0. The summed E-state index contributed by atoms with van der Waals surface area (Å²) in [6, 6.07) is 13.1. The lowest BCUT2D eigenvalue weighted by atomic mass is 9.94. The van der Waals surface area contributed by atoms with Gasteiger partial charge in [-0.1, -0.05) is 6.92 Å². The number of rotatable bonds is 12. The standard InChI is InChI=1S/C23H30N2O5/c1-16(21(26)22(27)17-4-8-19(24)9-5-17)12-15-29-13-2-3-14-30-23(28)18-6-10-20(25)11-7-18/h4-11,16,21,26H,2-3,12-15,24-25H2,1H3. The number of Topliss-reactive ketones (excluding diaryl/α,β-unsaturated/α-hetero) is 1. The highest BCUT2D eigenvalue weighted by atomic mass is 16.5. The summed E-state index contributed by atoms with van der Waals surface area (Å²) in [4.78, 5) is 24.2. The lowest BCUT2D eigenvalue weighted by Crippen LogP contribution is -2.28. The monoisotopic (exact) mass is 414 g/mol. The largest absolute Gasteiger partial charge is 0.462 e. The molecule has 0 bridgehead atoms. The van der Waals surface area contributed by atoms with Crippen LogP contribution in [0.3, 0.4) is 0 Å². The zero-order chi connectivity index (χ0) is 21.9. The van der Waals surface area contributed by atoms with E-state index in [1.807, 2.05) is 6.92 Å². The molecule has 7 heteroatoms. The molecule has 0 aliphatic heterocycles. The minimum absolute atomic E-state index is 0.226. The van der Waals surface area contributed by atoms with Gasteiger partial charge in [-0.05, 0) is 73.7 Å². The lowest BCUT2D eigenvalue weighted by molar-refractivity contribution is 0.0451. The van der Waals surface area contributed by atoms with Crippen molar-refractivity contribution in [2.24, 2.45) is 5.92 Å². The number of anilines is 2. The van der Waals surface area contributed by atoms with E-state index in [0.717, 1.165) is 6.42 Å². The summed E-state index contributed by atoms with van der Waals surface area (Å²) in [6.07, 6.45) is 0.920. The second kappa shape index (κ2) is 11.9. The molecule has 0 aliphatic carbocycles. The van der Waals surface area contributed by atoms with Crippen molar-refractivity contribution in [2.75, 3.05) is 31.3 Å². The molecule has 0 aliphatic rings. The lowest BCUT2D eigenvalue weighted by Gasteiger charge is -2.18. The second-order valence-corrected chi connectivity index (χ2v) is 7.27. The molecule has 7 nitrogen and oxygen atoms in total. The van der Waals surface area contributed by atoms with Crippen molar-refractivity contribution in [3.8, 4) is 0 Å². The van der Waals surface area contributed by atoms with Gasteiger partial charge in [0.05, 0.1) is 12.2 Å². The normalized spacial score (nSPS) is 12.9. The van der Waals surface area contributed by atoms with E-state index in [1.165, 1.54) is 0 Å². The molecule has 0 saturated heterocycles. The van der Waals surface area contributed by atoms with E-state index in [1.54, 1.807) is 48.5 Å². The van der Waals surface area contributed by atoms with Gasteiger partial charge in [-0.25, -0.2) is 4.79 Å². The predicted molar refractivity (Wildman–Crippen MR) is 116 cm³/mol. The van der Waals surface area contributed by atoms with Gasteiger partial charge in [0.25, 0.3) is 0 Å². The van der Waals surface area contributed by atoms with Crippen LogP contribution in [0.25, 0.3) is 0 Å². The number of carbonyl (C=O) groups excluding carboxylic acids is 2. The minimum atomic E-state index is -1.08. The maximum absolute atomic E-state index is 12.3. The molecule has 0 fully saturated rings. The second-order valence-electron chi connectivity index (χ2n) is 7.27. The first-order valence-electron chi connectivity index (χ1n) is 10.1. The van der Waals surface area contributed by atoms with Gasteiger partial charge < -0.3 is 26.0 Å². The van der Waals surface area contributed by atoms with E-state index in [-0.39, 0.29) is 17.7 Å². The Bertz CT molecular complexity index is 805. The molecule has 0 heterocycles. The average molecular weight is 415 g/mol. The minimum Gasteiger partial charge on any atom is -0.462 e. The van der Waals surface area contributed by atoms with Crippen LogP contribution in [-0.4, -0.2) is 42.8 Å². The molecule has 2 aromatic carbocycles. The van der Waals surface area contributed by atoms with Gasteiger partial charge in [-0.15, -0.1) is 0 Å². The highest BCUT2D eigenvalue weighted by molar-refractivity contribution is 5.99. The number of ether oxygens (including phenoxy) is 2. The van der Waals surface area contributed by atoms with Crippen molar-refractivity contribution in [2.45, 2.75) is 32.3 Å². The molecule has 0 spiro atoms. The number of carbonyl (C=O) groups is 2. The Morgan fingerprint density at radius 1 is 0.867 bits per heavy atom. The number of aliphatic hydroxyl groups is 1. The third kappa shape index (κ3) is 7.50. The number of aliphatic hydroxyl groups excluding tert-OH is 1. The van der Waals surface area contributed by atoms with E-state index in [0.29, 0.717) is 55.2 Å². The summed E-state index contributed by atoms with van der Waals surface area (Å²) < 4.78 is 10.8. The molecule has 2 rings (SSSR count). The number of nitrogens with two attached hydrogens (primary N) is 2. The molecule has 0 radical (unpaired) electrons. The number of unbranched alkanes of at least 4 members (excludes halogenated alkanes) is 1. The fraction of sp³-hybridized carbons (Fsp3) is 0.391. The van der Waals surface area contributed by atoms with Crippen LogP contribution in [0.5, 0.6) is 0 Å². The first-order valence-corrected chi connectivity index (χ1v) is 10.1. The average Bonchev–Trinajstić information content (AvgIpc) is 2.75. The molecular formula is C23H30N2O5. The van der Waals surface area contributed by atoms with E-state index >= 15 is 0 Å². The first-order chi connectivity index (χ1) is 14.4. The van der Waals surface area contributed by atoms with Gasteiger partial charge in [-0.2, -0.15) is 0 Å². The van der Waals surface area contributed by atoms with Crippen LogP contribution >= 0.6 is 0 Å². The number of benzene rings is 2. The quantitative estimate of drug-likeness (QED) is 0.211. The van der Waals surface area contributed by atoms with Gasteiger partial charge in [0.15, 0.2) is 5.78 Å². The summed E-state index contributed by atoms with van der Waals surface area (Å²) in [5.41, 5.74) is 13.3. The molecule has 0 saturated carbocycles. The fourth-order valence-corrected chi connectivity index (χ4v) is 2.78. The van der Waals surface area contributed by atoms with Crippen LogP contribution in [0.1, 0.15) is 46.9 Å². The topological polar surface area (TPSA) is 125 Å². The molecule has 162 valence electrons. The third-order valence-corrected chi connectivity index (χ3v) is 4.78. The molecular weight excluding hydrogens is 384 g/mol. The molecule has 0 amide bonds. The van der Waals surface area contributed by atoms with Crippen LogP contribution < -0.4 is 11.5 Å². The maximum Gasteiger partial charge on any atom is 0.338 e. The van der Waals surface area contributed by atoms with Crippen molar-refractivity contribution < 1.29 is 24.2 Å². The van der Waals surface area contributed by atoms with E-state index in [2.05, 4.69) is 0 Å². The Balaban J connectivity index is 1.55. The zero-order valence-electron chi connectivity index (χ0n) is 17.3. The Kier molecular flexibility index (Phi) is 9.31. The van der Waals surface area contributed by atoms with Crippen molar-refractivity contribution in [3.63, 3.8) is 0 Å². The van der Waals surface area contributed by atoms with Crippen LogP contribution in [0, 0.1) is 5.92 Å². The predicted octanol–water partition coefficient (Wildman–Crippen LogP) is 3.07. The molecule has 2 atom stereocenters. The highest BCUT2D eigenvalue weighted by Gasteiger charge is 2.23. The molecule has 2 aromatic rings. The molecule has 5 N–H and O–H groups in total. The molecule has 30 heavy (non-hydrogen) atoms. The Morgan fingerprint density at radius 3 is 2.00 bits per heavy atom. The number of esters is 1. The van der Waals surface area contributed by atoms with Crippen molar-refractivity contribution in [1.29, 1.82) is 0 Å². The Morgan fingerprint density at radius 2 is 1.40 bits per heavy atom. The van der Waals surface area contributed by atoms with Crippen LogP contribution in [0.15, 0.2) is 48.5 Å². The zero-order valence-corrected chi connectivity index (χ0v) is 17.3. The van der Waals surface area contributed by atoms with Crippen molar-refractivity contribution in [3.05, 3.63) is 59.7 Å².